The number of hydrogen-bond donors (Lipinski definition) is 0. The number of nitrogens with zero attached hydrogens (tertiary/aromatic N) is 5. The molecule has 5 nitrogen and oxygen atoms in total. The highest BCUT2D eigenvalue weighted by Crippen LogP contribution is 2.44. The molecule has 0 amide bonds. The number of alkyl halides is 6. The zero-order valence-corrected chi connectivity index (χ0v) is 36.7. The van der Waals surface area contributed by atoms with Crippen molar-refractivity contribution in [3.8, 4) is 67.8 Å². The van der Waals surface area contributed by atoms with E-state index in [4.69, 9.17) is 15.0 Å². The molecule has 0 fully saturated rings. The van der Waals surface area contributed by atoms with Gasteiger partial charge in [-0.3, -0.25) is 0 Å². The van der Waals surface area contributed by atoms with Crippen LogP contribution in [-0.4, -0.2) is 24.1 Å². The number of benzene rings is 9. The van der Waals surface area contributed by atoms with Crippen LogP contribution in [0, 0.1) is 0 Å². The minimum Gasteiger partial charge on any atom is -0.309 e. The van der Waals surface area contributed by atoms with Gasteiger partial charge in [0.25, 0.3) is 0 Å². The summed E-state index contributed by atoms with van der Waals surface area (Å²) in [7, 11) is 0. The van der Waals surface area contributed by atoms with Crippen LogP contribution < -0.4 is 0 Å². The molecule has 3 aromatic heterocycles. The summed E-state index contributed by atoms with van der Waals surface area (Å²) in [6.45, 7) is 0. The van der Waals surface area contributed by atoms with Crippen LogP contribution in [0.15, 0.2) is 212 Å². The molecule has 338 valence electrons. The molecular weight excluding hydrogens is 893 g/mol. The molecule has 0 radical (unpaired) electrons. The van der Waals surface area contributed by atoms with Crippen LogP contribution >= 0.6 is 0 Å². The Balaban J connectivity index is 1.12. The topological polar surface area (TPSA) is 48.5 Å². The van der Waals surface area contributed by atoms with Gasteiger partial charge in [-0.05, 0) is 89.0 Å². The third kappa shape index (κ3) is 7.34. The summed E-state index contributed by atoms with van der Waals surface area (Å²) in [6.07, 6.45) is -10.0. The molecular formula is C59H35F6N5. The van der Waals surface area contributed by atoms with Crippen molar-refractivity contribution in [2.24, 2.45) is 0 Å². The number of aromatic nitrogens is 5. The minimum atomic E-state index is -5.05. The van der Waals surface area contributed by atoms with Crippen LogP contribution in [0.2, 0.25) is 0 Å². The zero-order valence-electron chi connectivity index (χ0n) is 36.7. The van der Waals surface area contributed by atoms with E-state index >= 15 is 0 Å². The van der Waals surface area contributed by atoms with Gasteiger partial charge < -0.3 is 9.13 Å². The summed E-state index contributed by atoms with van der Waals surface area (Å²) in [5.74, 6) is 1.29. The average Bonchev–Trinajstić information content (AvgIpc) is 3.90. The van der Waals surface area contributed by atoms with Crippen molar-refractivity contribution in [1.29, 1.82) is 0 Å². The molecule has 70 heavy (non-hydrogen) atoms. The van der Waals surface area contributed by atoms with E-state index in [2.05, 4.69) is 53.1 Å². The average molecular weight is 928 g/mol. The molecule has 0 aliphatic heterocycles. The first kappa shape index (κ1) is 42.5. The quantitative estimate of drug-likeness (QED) is 0.150. The van der Waals surface area contributed by atoms with Gasteiger partial charge in [0, 0.05) is 43.9 Å². The van der Waals surface area contributed by atoms with Gasteiger partial charge in [0.2, 0.25) is 0 Å². The number of fused-ring (bicyclic) bond motifs is 6. The molecule has 0 atom stereocenters. The molecule has 11 heteroatoms. The predicted octanol–water partition coefficient (Wildman–Crippen LogP) is 16.4. The summed E-state index contributed by atoms with van der Waals surface area (Å²) in [4.78, 5) is 15.3. The Bertz CT molecular complexity index is 3910. The lowest BCUT2D eigenvalue weighted by atomic mass is 9.95. The van der Waals surface area contributed by atoms with Crippen LogP contribution in [0.3, 0.4) is 0 Å². The Morgan fingerprint density at radius 3 is 1.47 bits per heavy atom. The van der Waals surface area contributed by atoms with E-state index in [0.717, 1.165) is 66.7 Å². The monoisotopic (exact) mass is 927 g/mol. The van der Waals surface area contributed by atoms with Crippen molar-refractivity contribution < 1.29 is 26.3 Å². The molecule has 0 bridgehead atoms. The first-order valence-electron chi connectivity index (χ1n) is 22.4. The maximum atomic E-state index is 14.6. The van der Waals surface area contributed by atoms with E-state index in [0.29, 0.717) is 45.7 Å². The Labute approximate surface area is 396 Å². The molecule has 0 saturated carbocycles. The van der Waals surface area contributed by atoms with E-state index in [-0.39, 0.29) is 17.2 Å². The van der Waals surface area contributed by atoms with Gasteiger partial charge in [0.1, 0.15) is 0 Å². The van der Waals surface area contributed by atoms with Gasteiger partial charge in [-0.2, -0.15) is 26.3 Å². The van der Waals surface area contributed by atoms with Gasteiger partial charge in [0.15, 0.2) is 17.5 Å². The van der Waals surface area contributed by atoms with Gasteiger partial charge in [-0.1, -0.05) is 146 Å². The zero-order chi connectivity index (χ0) is 47.7. The summed E-state index contributed by atoms with van der Waals surface area (Å²) < 4.78 is 89.2. The van der Waals surface area contributed by atoms with Crippen molar-refractivity contribution in [3.05, 3.63) is 223 Å². The summed E-state index contributed by atoms with van der Waals surface area (Å²) in [5, 5.41) is 3.54. The van der Waals surface area contributed by atoms with Crippen molar-refractivity contribution in [3.63, 3.8) is 0 Å². The second-order valence-electron chi connectivity index (χ2n) is 17.0. The van der Waals surface area contributed by atoms with Crippen LogP contribution in [0.5, 0.6) is 0 Å². The molecule has 3 heterocycles. The highest BCUT2D eigenvalue weighted by molar-refractivity contribution is 6.12. The SMILES string of the molecule is FC(F)(F)c1ccc(-c2ccc3c(c2)c2ccccc2n3-c2ccc(-c3ccc4c5ccccc5n(-c5ccccc5)c4c3)cc2-c2nc(-c3ccccc3)nc(-c3ccccc3)n2)c(C(F)(F)F)c1. The molecule has 0 N–H and O–H groups in total. The van der Waals surface area contributed by atoms with E-state index in [9.17, 15) is 26.3 Å². The van der Waals surface area contributed by atoms with E-state index in [1.165, 1.54) is 6.07 Å². The van der Waals surface area contributed by atoms with Crippen molar-refractivity contribution in [2.45, 2.75) is 12.4 Å². The van der Waals surface area contributed by atoms with Crippen LogP contribution in [0.4, 0.5) is 26.3 Å². The number of halogens is 6. The van der Waals surface area contributed by atoms with E-state index < -0.39 is 23.5 Å². The highest BCUT2D eigenvalue weighted by atomic mass is 19.4. The Hall–Kier alpha value is -8.83. The lowest BCUT2D eigenvalue weighted by molar-refractivity contribution is -0.142. The normalized spacial score (nSPS) is 12.1. The number of rotatable bonds is 7. The summed E-state index contributed by atoms with van der Waals surface area (Å²) in [6, 6.07) is 64.6. The van der Waals surface area contributed by atoms with Crippen LogP contribution in [0.1, 0.15) is 11.1 Å². The first-order chi connectivity index (χ1) is 34.0. The smallest absolute Gasteiger partial charge is 0.309 e. The molecule has 0 spiro atoms. The second-order valence-corrected chi connectivity index (χ2v) is 17.0. The first-order valence-corrected chi connectivity index (χ1v) is 22.4. The number of para-hydroxylation sites is 3. The van der Waals surface area contributed by atoms with Crippen molar-refractivity contribution in [1.82, 2.24) is 24.1 Å². The molecule has 9 aromatic carbocycles. The molecule has 0 aliphatic carbocycles. The summed E-state index contributed by atoms with van der Waals surface area (Å²) >= 11 is 0. The van der Waals surface area contributed by atoms with Crippen molar-refractivity contribution >= 4 is 43.6 Å². The minimum absolute atomic E-state index is 0.118. The largest absolute Gasteiger partial charge is 0.417 e. The van der Waals surface area contributed by atoms with Gasteiger partial charge in [-0.15, -0.1) is 0 Å². The summed E-state index contributed by atoms with van der Waals surface area (Å²) in [5.41, 5.74) is 6.21. The van der Waals surface area contributed by atoms with Gasteiger partial charge in [-0.25, -0.2) is 15.0 Å². The maximum absolute atomic E-state index is 14.6. The highest BCUT2D eigenvalue weighted by Gasteiger charge is 2.38. The molecule has 0 unspecified atom stereocenters. The van der Waals surface area contributed by atoms with Crippen LogP contribution in [-0.2, 0) is 12.4 Å². The maximum Gasteiger partial charge on any atom is 0.417 e. The molecule has 12 aromatic rings. The molecule has 0 aliphatic rings. The van der Waals surface area contributed by atoms with Crippen LogP contribution in [0.25, 0.3) is 111 Å². The third-order valence-corrected chi connectivity index (χ3v) is 12.8. The Morgan fingerprint density at radius 2 is 0.829 bits per heavy atom. The standard InChI is InChI=1S/C59H35F6N5/c60-58(61,62)41-27-29-43(49(35-41)59(63,64)65)40-26-31-52-47(33-40)45-21-11-13-23-51(45)70(52)53-30-25-38(39-24-28-46-44-20-10-12-22-50(44)69(54(46)34-39)42-18-8-3-9-19-42)32-48(53)57-67-55(36-14-4-1-5-15-36)66-56(68-57)37-16-6-2-7-17-37/h1-35H. The van der Waals surface area contributed by atoms with E-state index in [1.807, 2.05) is 132 Å². The lowest BCUT2D eigenvalue weighted by Crippen LogP contribution is -2.12. The Morgan fingerprint density at radius 1 is 0.314 bits per heavy atom. The Kier molecular flexibility index (Phi) is 9.99. The van der Waals surface area contributed by atoms with Gasteiger partial charge >= 0.3 is 12.4 Å². The molecule has 12 rings (SSSR count). The van der Waals surface area contributed by atoms with E-state index in [1.54, 1.807) is 12.1 Å². The lowest BCUT2D eigenvalue weighted by Gasteiger charge is -2.17. The fourth-order valence-corrected chi connectivity index (χ4v) is 9.63. The predicted molar refractivity (Wildman–Crippen MR) is 266 cm³/mol. The fraction of sp³-hybridized carbons (Fsp3) is 0.0339. The fourth-order valence-electron chi connectivity index (χ4n) is 9.63. The second kappa shape index (κ2) is 16.4. The van der Waals surface area contributed by atoms with Gasteiger partial charge in [0.05, 0.1) is 38.9 Å². The van der Waals surface area contributed by atoms with Crippen molar-refractivity contribution in [2.75, 3.05) is 0 Å². The molecule has 0 saturated heterocycles. The third-order valence-electron chi connectivity index (χ3n) is 12.8. The number of hydrogen-bond acceptors (Lipinski definition) is 3.